The molecular weight excluding hydrogens is 365 g/mol. The highest BCUT2D eigenvalue weighted by atomic mass is 19.4. The lowest BCUT2D eigenvalue weighted by molar-refractivity contribution is -0.274. The SMILES string of the molecule is COC(=O)c1cc(C(=O)NC(C)c2cccc(OC(F)(F)F)c2)cc(C)n1. The third kappa shape index (κ3) is 5.70. The molecule has 9 heteroatoms. The summed E-state index contributed by atoms with van der Waals surface area (Å²) in [5.41, 5.74) is 1.02. The summed E-state index contributed by atoms with van der Waals surface area (Å²) in [5.74, 6) is -1.58. The van der Waals surface area contributed by atoms with Gasteiger partial charge >= 0.3 is 12.3 Å². The average Bonchev–Trinajstić information content (AvgIpc) is 2.59. The van der Waals surface area contributed by atoms with Crippen LogP contribution in [0.4, 0.5) is 13.2 Å². The third-order valence-electron chi connectivity index (χ3n) is 3.55. The highest BCUT2D eigenvalue weighted by Gasteiger charge is 2.31. The van der Waals surface area contributed by atoms with Crippen molar-refractivity contribution < 1.29 is 32.2 Å². The number of carbonyl (C=O) groups excluding carboxylic acids is 2. The maximum absolute atomic E-state index is 12.5. The number of rotatable bonds is 5. The number of amides is 1. The van der Waals surface area contributed by atoms with Gasteiger partial charge in [-0.25, -0.2) is 9.78 Å². The van der Waals surface area contributed by atoms with Crippen molar-refractivity contribution in [3.05, 3.63) is 58.9 Å². The van der Waals surface area contributed by atoms with Gasteiger partial charge in [-0.15, -0.1) is 13.2 Å². The Morgan fingerprint density at radius 3 is 2.52 bits per heavy atom. The number of aromatic nitrogens is 1. The normalized spacial score (nSPS) is 12.2. The molecule has 0 fully saturated rings. The molecule has 0 aliphatic heterocycles. The summed E-state index contributed by atoms with van der Waals surface area (Å²) in [6.45, 7) is 3.23. The molecule has 0 aliphatic carbocycles. The summed E-state index contributed by atoms with van der Waals surface area (Å²) in [5, 5.41) is 2.66. The van der Waals surface area contributed by atoms with Crippen molar-refractivity contribution in [1.82, 2.24) is 10.3 Å². The fourth-order valence-electron chi connectivity index (χ4n) is 2.35. The number of pyridine rings is 1. The zero-order chi connectivity index (χ0) is 20.2. The highest BCUT2D eigenvalue weighted by Crippen LogP contribution is 2.25. The number of methoxy groups -OCH3 is 1. The van der Waals surface area contributed by atoms with Crippen molar-refractivity contribution in [2.75, 3.05) is 7.11 Å². The molecule has 0 spiro atoms. The fraction of sp³-hybridized carbons (Fsp3) is 0.278. The van der Waals surface area contributed by atoms with Crippen LogP contribution in [-0.4, -0.2) is 30.3 Å². The number of nitrogens with one attached hydrogen (secondary N) is 1. The lowest BCUT2D eigenvalue weighted by atomic mass is 10.1. The lowest BCUT2D eigenvalue weighted by Crippen LogP contribution is -2.27. The molecular formula is C18H17F3N2O4. The summed E-state index contributed by atoms with van der Waals surface area (Å²) in [6.07, 6.45) is -4.80. The Kier molecular flexibility index (Phi) is 6.04. The average molecular weight is 382 g/mol. The lowest BCUT2D eigenvalue weighted by Gasteiger charge is -2.16. The largest absolute Gasteiger partial charge is 0.573 e. The molecule has 1 unspecified atom stereocenters. The van der Waals surface area contributed by atoms with E-state index in [9.17, 15) is 22.8 Å². The summed E-state index contributed by atoms with van der Waals surface area (Å²) >= 11 is 0. The van der Waals surface area contributed by atoms with Gasteiger partial charge in [0.2, 0.25) is 0 Å². The number of halogens is 3. The van der Waals surface area contributed by atoms with Crippen LogP contribution in [0.25, 0.3) is 0 Å². The van der Waals surface area contributed by atoms with Crippen LogP contribution >= 0.6 is 0 Å². The van der Waals surface area contributed by atoms with E-state index in [0.717, 1.165) is 0 Å². The molecule has 1 atom stereocenters. The molecule has 144 valence electrons. The van der Waals surface area contributed by atoms with E-state index in [1.165, 1.54) is 37.4 Å². The summed E-state index contributed by atoms with van der Waals surface area (Å²) < 4.78 is 45.5. The minimum atomic E-state index is -4.80. The first-order valence-corrected chi connectivity index (χ1v) is 7.82. The quantitative estimate of drug-likeness (QED) is 0.800. The van der Waals surface area contributed by atoms with E-state index in [-0.39, 0.29) is 17.0 Å². The summed E-state index contributed by atoms with van der Waals surface area (Å²) in [7, 11) is 1.20. The van der Waals surface area contributed by atoms with Crippen molar-refractivity contribution in [2.24, 2.45) is 0 Å². The number of alkyl halides is 3. The standard InChI is InChI=1S/C18H17F3N2O4/c1-10-7-13(9-15(22-10)17(25)26-3)16(24)23-11(2)12-5-4-6-14(8-12)27-18(19,20)21/h4-9,11H,1-3H3,(H,23,24). The molecule has 0 radical (unpaired) electrons. The van der Waals surface area contributed by atoms with E-state index in [1.54, 1.807) is 19.9 Å². The molecule has 6 nitrogen and oxygen atoms in total. The monoisotopic (exact) mass is 382 g/mol. The van der Waals surface area contributed by atoms with E-state index < -0.39 is 24.3 Å². The van der Waals surface area contributed by atoms with Crippen molar-refractivity contribution in [1.29, 1.82) is 0 Å². The van der Waals surface area contributed by atoms with E-state index in [0.29, 0.717) is 11.3 Å². The van der Waals surface area contributed by atoms with Crippen LogP contribution in [0, 0.1) is 6.92 Å². The van der Waals surface area contributed by atoms with Crippen LogP contribution in [0.3, 0.4) is 0 Å². The van der Waals surface area contributed by atoms with Crippen LogP contribution in [0.1, 0.15) is 45.1 Å². The Morgan fingerprint density at radius 2 is 1.89 bits per heavy atom. The molecule has 0 aliphatic rings. The third-order valence-corrected chi connectivity index (χ3v) is 3.55. The topological polar surface area (TPSA) is 77.5 Å². The number of hydrogen-bond donors (Lipinski definition) is 1. The number of ether oxygens (including phenoxy) is 2. The predicted molar refractivity (Wildman–Crippen MR) is 89.3 cm³/mol. The Morgan fingerprint density at radius 1 is 1.19 bits per heavy atom. The highest BCUT2D eigenvalue weighted by molar-refractivity contribution is 5.97. The maximum Gasteiger partial charge on any atom is 0.573 e. The van der Waals surface area contributed by atoms with Crippen LogP contribution < -0.4 is 10.1 Å². The van der Waals surface area contributed by atoms with Crippen LogP contribution in [0.5, 0.6) is 5.75 Å². The van der Waals surface area contributed by atoms with Crippen molar-refractivity contribution >= 4 is 11.9 Å². The molecule has 1 amide bonds. The smallest absolute Gasteiger partial charge is 0.464 e. The molecule has 1 aromatic heterocycles. The second-order valence-corrected chi connectivity index (χ2v) is 5.69. The molecule has 1 aromatic carbocycles. The van der Waals surface area contributed by atoms with Crippen LogP contribution in [0.2, 0.25) is 0 Å². The van der Waals surface area contributed by atoms with Crippen LogP contribution in [-0.2, 0) is 4.74 Å². The van der Waals surface area contributed by atoms with Gasteiger partial charge in [-0.1, -0.05) is 12.1 Å². The van der Waals surface area contributed by atoms with Gasteiger partial charge in [-0.05, 0) is 43.7 Å². The van der Waals surface area contributed by atoms with Gasteiger partial charge in [0.15, 0.2) is 0 Å². The van der Waals surface area contributed by atoms with Gasteiger partial charge in [-0.3, -0.25) is 4.79 Å². The minimum Gasteiger partial charge on any atom is -0.464 e. The number of esters is 1. The van der Waals surface area contributed by atoms with Gasteiger partial charge in [-0.2, -0.15) is 0 Å². The minimum absolute atomic E-state index is 0.0177. The van der Waals surface area contributed by atoms with E-state index in [4.69, 9.17) is 0 Å². The summed E-state index contributed by atoms with van der Waals surface area (Å²) in [4.78, 5) is 28.1. The Bertz CT molecular complexity index is 853. The molecule has 1 heterocycles. The zero-order valence-electron chi connectivity index (χ0n) is 14.8. The van der Waals surface area contributed by atoms with E-state index in [2.05, 4.69) is 19.8 Å². The van der Waals surface area contributed by atoms with Crippen LogP contribution in [0.15, 0.2) is 36.4 Å². The first-order valence-electron chi connectivity index (χ1n) is 7.82. The van der Waals surface area contributed by atoms with E-state index in [1.807, 2.05) is 0 Å². The second kappa shape index (κ2) is 8.07. The van der Waals surface area contributed by atoms with E-state index >= 15 is 0 Å². The molecule has 0 saturated carbocycles. The van der Waals surface area contributed by atoms with Crippen molar-refractivity contribution in [2.45, 2.75) is 26.3 Å². The van der Waals surface area contributed by atoms with Gasteiger partial charge < -0.3 is 14.8 Å². The van der Waals surface area contributed by atoms with Crippen molar-refractivity contribution in [3.63, 3.8) is 0 Å². The first kappa shape index (κ1) is 20.2. The number of aryl methyl sites for hydroxylation is 1. The Labute approximate surface area is 153 Å². The molecule has 2 aromatic rings. The molecule has 27 heavy (non-hydrogen) atoms. The Hall–Kier alpha value is -3.10. The maximum atomic E-state index is 12.5. The van der Waals surface area contributed by atoms with Crippen molar-refractivity contribution in [3.8, 4) is 5.75 Å². The Balaban J connectivity index is 2.17. The number of carbonyl (C=O) groups is 2. The number of benzene rings is 1. The molecule has 1 N–H and O–H groups in total. The van der Waals surface area contributed by atoms with Gasteiger partial charge in [0.05, 0.1) is 13.2 Å². The van der Waals surface area contributed by atoms with Gasteiger partial charge in [0.25, 0.3) is 5.91 Å². The molecule has 0 saturated heterocycles. The second-order valence-electron chi connectivity index (χ2n) is 5.69. The predicted octanol–water partition coefficient (Wildman–Crippen LogP) is 3.57. The fourth-order valence-corrected chi connectivity index (χ4v) is 2.35. The molecule has 0 bridgehead atoms. The number of nitrogens with zero attached hydrogens (tertiary/aromatic N) is 1. The molecule has 2 rings (SSSR count). The first-order chi connectivity index (χ1) is 12.6. The number of hydrogen-bond acceptors (Lipinski definition) is 5. The summed E-state index contributed by atoms with van der Waals surface area (Å²) in [6, 6.07) is 7.47. The van der Waals surface area contributed by atoms with Gasteiger partial charge in [0.1, 0.15) is 11.4 Å². The zero-order valence-corrected chi connectivity index (χ0v) is 14.8. The van der Waals surface area contributed by atoms with Gasteiger partial charge in [0, 0.05) is 11.3 Å².